The number of fused-ring (bicyclic) bond motifs is 6. The number of esters is 1. The molecule has 0 spiro atoms. The highest BCUT2D eigenvalue weighted by molar-refractivity contribution is 5.95. The highest BCUT2D eigenvalue weighted by atomic mass is 16.6. The van der Waals surface area contributed by atoms with E-state index in [1.165, 1.54) is 17.0 Å². The molecule has 3 aromatic rings. The fourth-order valence-electron chi connectivity index (χ4n) is 8.10. The van der Waals surface area contributed by atoms with Crippen LogP contribution < -0.4 is 10.7 Å². The van der Waals surface area contributed by atoms with Gasteiger partial charge in [0.05, 0.1) is 36.7 Å². The summed E-state index contributed by atoms with van der Waals surface area (Å²) in [4.78, 5) is 66.1. The molecule has 15 nitrogen and oxygen atoms in total. The van der Waals surface area contributed by atoms with E-state index in [1.54, 1.807) is 40.3 Å². The Bertz CT molecular complexity index is 2170. The quantitative estimate of drug-likeness (QED) is 0.125. The van der Waals surface area contributed by atoms with Crippen molar-refractivity contribution in [1.29, 1.82) is 0 Å². The molecule has 61 heavy (non-hydrogen) atoms. The highest BCUT2D eigenvalue weighted by Gasteiger charge is 2.39. The molecule has 4 heterocycles. The number of nitrogens with one attached hydrogen (secondary N) is 2. The summed E-state index contributed by atoms with van der Waals surface area (Å²) in [6, 6.07) is 3.14. The second kappa shape index (κ2) is 19.2. The number of benzene rings is 1. The lowest BCUT2D eigenvalue weighted by Crippen LogP contribution is -2.62. The van der Waals surface area contributed by atoms with Gasteiger partial charge in [0.25, 0.3) is 5.91 Å². The third kappa shape index (κ3) is 10.6. The lowest BCUT2D eigenvalue weighted by Gasteiger charge is -2.36. The van der Waals surface area contributed by atoms with E-state index in [2.05, 4.69) is 59.8 Å². The van der Waals surface area contributed by atoms with Crippen LogP contribution in [0.3, 0.4) is 0 Å². The fraction of sp³-hybridized carbons (Fsp3) is 0.565. The van der Waals surface area contributed by atoms with Gasteiger partial charge in [-0.2, -0.15) is 0 Å². The summed E-state index contributed by atoms with van der Waals surface area (Å²) in [6.45, 7) is 24.2. The number of aliphatic imine (C=N–C) groups is 1. The van der Waals surface area contributed by atoms with Crippen LogP contribution in [-0.4, -0.2) is 107 Å². The number of oxazole rings is 1. The molecule has 0 unspecified atom stereocenters. The van der Waals surface area contributed by atoms with Crippen molar-refractivity contribution in [3.8, 4) is 11.3 Å². The number of cyclic esters (lactones) is 1. The summed E-state index contributed by atoms with van der Waals surface area (Å²) in [5, 5.41) is 5.23. The van der Waals surface area contributed by atoms with E-state index in [1.807, 2.05) is 39.8 Å². The van der Waals surface area contributed by atoms with E-state index >= 15 is 0 Å². The molecule has 1 saturated heterocycles. The fourth-order valence-corrected chi connectivity index (χ4v) is 8.10. The van der Waals surface area contributed by atoms with Crippen LogP contribution in [0.15, 0.2) is 52.2 Å². The van der Waals surface area contributed by atoms with Crippen LogP contribution >= 0.6 is 0 Å². The first-order valence-corrected chi connectivity index (χ1v) is 21.2. The number of aryl methyl sites for hydroxylation is 1. The second-order valence-electron chi connectivity index (χ2n) is 18.0. The van der Waals surface area contributed by atoms with Crippen molar-refractivity contribution in [1.82, 2.24) is 30.2 Å². The topological polar surface area (TPSA) is 170 Å². The minimum atomic E-state index is -1.18. The molecular formula is C46H65N7O8. The minimum Gasteiger partial charge on any atom is -0.464 e. The molecule has 0 aliphatic carbocycles. The van der Waals surface area contributed by atoms with Crippen LogP contribution in [0.4, 0.5) is 4.79 Å². The van der Waals surface area contributed by atoms with Gasteiger partial charge in [-0.05, 0) is 90.5 Å². The van der Waals surface area contributed by atoms with Gasteiger partial charge < -0.3 is 28.5 Å². The maximum Gasteiger partial charge on any atom is 0.410 e. The summed E-state index contributed by atoms with van der Waals surface area (Å²) in [6.07, 6.45) is 5.57. The first-order valence-electron chi connectivity index (χ1n) is 21.2. The number of rotatable bonds is 10. The molecule has 2 aromatic heterocycles. The van der Waals surface area contributed by atoms with Gasteiger partial charge in [-0.3, -0.25) is 29.3 Å². The van der Waals surface area contributed by atoms with Crippen molar-refractivity contribution in [2.24, 2.45) is 16.3 Å². The molecule has 3 amide bonds. The minimum absolute atomic E-state index is 0.101. The van der Waals surface area contributed by atoms with Gasteiger partial charge in [-0.15, -0.1) is 0 Å². The normalized spacial score (nSPS) is 20.2. The maximum atomic E-state index is 14.4. The van der Waals surface area contributed by atoms with E-state index in [0.29, 0.717) is 31.6 Å². The molecule has 1 fully saturated rings. The number of hydrogen-bond donors (Lipinski definition) is 2. The Kier molecular flexibility index (Phi) is 14.7. The van der Waals surface area contributed by atoms with Crippen molar-refractivity contribution < 1.29 is 37.8 Å². The molecule has 5 rings (SSSR count). The number of hydrogen-bond acceptors (Lipinski definition) is 11. The number of ether oxygens (including phenoxy) is 3. The molecule has 2 aliphatic rings. The molecule has 2 aliphatic heterocycles. The molecule has 2 N–H and O–H groups in total. The van der Waals surface area contributed by atoms with Crippen molar-refractivity contribution in [3.63, 3.8) is 0 Å². The van der Waals surface area contributed by atoms with E-state index in [9.17, 15) is 19.2 Å². The van der Waals surface area contributed by atoms with E-state index < -0.39 is 53.0 Å². The number of carbonyl (C=O) groups is 4. The van der Waals surface area contributed by atoms with Crippen molar-refractivity contribution in [2.75, 3.05) is 27.3 Å². The molecule has 0 saturated carbocycles. The first-order chi connectivity index (χ1) is 28.7. The number of hydrazine groups is 1. The Morgan fingerprint density at radius 3 is 2.56 bits per heavy atom. The third-order valence-electron chi connectivity index (χ3n) is 11.1. The molecule has 332 valence electrons. The SMILES string of the molecule is C=C/C(=C(\N=C/C)[C@H](C)OC)c1c2c3cc(ccc3n1CC)-c1cnc(o1)C[C@H](NC(=O)[C@H](C(C)C)N(C)C(=O)OC(C)(C)C)C(=O)N1CCC[C@H](N1)C(=O)OCC(C)(C)C2. The summed E-state index contributed by atoms with van der Waals surface area (Å²) in [5.74, 6) is -1.18. The van der Waals surface area contributed by atoms with Crippen molar-refractivity contribution in [2.45, 2.75) is 131 Å². The predicted molar refractivity (Wildman–Crippen MR) is 235 cm³/mol. The summed E-state index contributed by atoms with van der Waals surface area (Å²) < 4.78 is 26.1. The molecular weight excluding hydrogens is 779 g/mol. The van der Waals surface area contributed by atoms with E-state index in [0.717, 1.165) is 39.0 Å². The first kappa shape index (κ1) is 46.8. The zero-order valence-corrected chi connectivity index (χ0v) is 38.0. The Morgan fingerprint density at radius 2 is 1.93 bits per heavy atom. The second-order valence-corrected chi connectivity index (χ2v) is 18.0. The van der Waals surface area contributed by atoms with Crippen LogP contribution in [0.2, 0.25) is 0 Å². The Morgan fingerprint density at radius 1 is 1.21 bits per heavy atom. The van der Waals surface area contributed by atoms with Gasteiger partial charge in [-0.25, -0.2) is 15.2 Å². The third-order valence-corrected chi connectivity index (χ3v) is 11.1. The molecule has 0 radical (unpaired) electrons. The standard InChI is InChI=1S/C46H65N7O8/c1-14-30(38(47-15-2)28(6)58-13)40-32-24-46(10,11)26-59-43(56)33-18-17-21-53(50-33)42(55)34(49-41(54)39(27(4)5)51(12)44(57)61-45(7,8)9)23-37-48-25-36(60-37)29-19-20-35(31(32)22-29)52(40)16-3/h14-15,19-20,22,25,27-28,33-34,39,50H,1,16-18,21,23-24,26H2,2-13H3,(H,49,54)/b38-30+,47-15-/t28-,33-,34-,39-/m0/s1. The summed E-state index contributed by atoms with van der Waals surface area (Å²) >= 11 is 0. The number of allylic oxidation sites excluding steroid dienone is 2. The Hall–Kier alpha value is -5.28. The van der Waals surface area contributed by atoms with Gasteiger partial charge in [0, 0.05) is 60.9 Å². The summed E-state index contributed by atoms with van der Waals surface area (Å²) in [7, 11) is 3.15. The Labute approximate surface area is 359 Å². The van der Waals surface area contributed by atoms with Crippen LogP contribution in [0.1, 0.15) is 99.2 Å². The number of likely N-dealkylation sites (N-methyl/N-ethyl adjacent to an activating group) is 1. The van der Waals surface area contributed by atoms with Crippen LogP contribution in [0.25, 0.3) is 27.8 Å². The molecule has 15 heteroatoms. The largest absolute Gasteiger partial charge is 0.464 e. The zero-order valence-electron chi connectivity index (χ0n) is 38.0. The highest BCUT2D eigenvalue weighted by Crippen LogP contribution is 2.40. The predicted octanol–water partition coefficient (Wildman–Crippen LogP) is 6.88. The number of carbonyl (C=O) groups excluding carboxylic acids is 4. The number of amides is 3. The van der Waals surface area contributed by atoms with Gasteiger partial charge in [-0.1, -0.05) is 40.3 Å². The van der Waals surface area contributed by atoms with E-state index in [4.69, 9.17) is 23.6 Å². The lowest BCUT2D eigenvalue weighted by atomic mass is 9.84. The monoisotopic (exact) mass is 843 g/mol. The Balaban J connectivity index is 1.65. The molecule has 4 atom stereocenters. The zero-order chi connectivity index (χ0) is 45.0. The average molecular weight is 844 g/mol. The smallest absolute Gasteiger partial charge is 0.410 e. The number of nitrogens with zero attached hydrogens (tertiary/aromatic N) is 5. The van der Waals surface area contributed by atoms with Gasteiger partial charge in [0.2, 0.25) is 5.91 Å². The average Bonchev–Trinajstić information content (AvgIpc) is 3.79. The van der Waals surface area contributed by atoms with Crippen molar-refractivity contribution >= 4 is 46.6 Å². The van der Waals surface area contributed by atoms with Gasteiger partial charge in [0.1, 0.15) is 23.7 Å². The van der Waals surface area contributed by atoms with Crippen LogP contribution in [0, 0.1) is 11.3 Å². The number of methoxy groups -OCH3 is 1. The van der Waals surface area contributed by atoms with E-state index in [-0.39, 0.29) is 37.5 Å². The van der Waals surface area contributed by atoms with Crippen LogP contribution in [-0.2, 0) is 48.0 Å². The lowest BCUT2D eigenvalue weighted by molar-refractivity contribution is -0.155. The molecule has 6 bridgehead atoms. The maximum absolute atomic E-state index is 14.4. The summed E-state index contributed by atoms with van der Waals surface area (Å²) in [5.41, 5.74) is 7.02. The molecule has 1 aromatic carbocycles. The number of aromatic nitrogens is 2. The van der Waals surface area contributed by atoms with Gasteiger partial charge >= 0.3 is 12.1 Å². The van der Waals surface area contributed by atoms with Crippen molar-refractivity contribution in [3.05, 3.63) is 59.9 Å². The van der Waals surface area contributed by atoms with Crippen LogP contribution in [0.5, 0.6) is 0 Å². The van der Waals surface area contributed by atoms with Gasteiger partial charge in [0.15, 0.2) is 11.7 Å².